The van der Waals surface area contributed by atoms with Gasteiger partial charge in [0.2, 0.25) is 11.8 Å². The first-order chi connectivity index (χ1) is 17.0. The van der Waals surface area contributed by atoms with Gasteiger partial charge in [-0.3, -0.25) is 9.59 Å². The minimum atomic E-state index is 0.0221. The minimum Gasteiger partial charge on any atom is -0.353 e. The second-order valence-electron chi connectivity index (χ2n) is 11.6. The highest BCUT2D eigenvalue weighted by Gasteiger charge is 2.53. The van der Waals surface area contributed by atoms with Crippen LogP contribution < -0.4 is 5.32 Å². The van der Waals surface area contributed by atoms with Crippen LogP contribution in [-0.2, 0) is 9.59 Å². The third-order valence-corrected chi connectivity index (χ3v) is 10.4. The lowest BCUT2D eigenvalue weighted by Crippen LogP contribution is -2.57. The Labute approximate surface area is 212 Å². The van der Waals surface area contributed by atoms with E-state index in [0.29, 0.717) is 24.3 Å². The summed E-state index contributed by atoms with van der Waals surface area (Å²) in [4.78, 5) is 36.7. The van der Waals surface area contributed by atoms with Crippen LogP contribution in [0.4, 0.5) is 0 Å². The maximum atomic E-state index is 13.2. The number of aromatic nitrogens is 2. The summed E-state index contributed by atoms with van der Waals surface area (Å²) in [7, 11) is 0. The summed E-state index contributed by atoms with van der Waals surface area (Å²) in [6, 6.07) is 8.15. The van der Waals surface area contributed by atoms with Gasteiger partial charge in [0.25, 0.3) is 0 Å². The van der Waals surface area contributed by atoms with E-state index >= 15 is 0 Å². The second-order valence-corrected chi connectivity index (χ2v) is 12.6. The molecule has 6 nitrogen and oxygen atoms in total. The van der Waals surface area contributed by atoms with Crippen molar-refractivity contribution in [3.63, 3.8) is 0 Å². The number of nitrogens with zero attached hydrogens (tertiary/aromatic N) is 3. The smallest absolute Gasteiger partial charge is 0.232 e. The Bertz CT molecular complexity index is 1070. The molecule has 2 amide bonds. The van der Waals surface area contributed by atoms with Crippen molar-refractivity contribution in [3.8, 4) is 0 Å². The summed E-state index contributed by atoms with van der Waals surface area (Å²) in [5.74, 6) is 3.41. The monoisotopic (exact) mass is 492 g/mol. The summed E-state index contributed by atoms with van der Waals surface area (Å²) in [6.07, 6.45) is 11.3. The Morgan fingerprint density at radius 1 is 1.06 bits per heavy atom. The predicted molar refractivity (Wildman–Crippen MR) is 138 cm³/mol. The van der Waals surface area contributed by atoms with Gasteiger partial charge in [0, 0.05) is 30.4 Å². The van der Waals surface area contributed by atoms with Gasteiger partial charge in [0.15, 0.2) is 0 Å². The average Bonchev–Trinajstić information content (AvgIpc) is 2.86. The zero-order chi connectivity index (χ0) is 24.0. The van der Waals surface area contributed by atoms with E-state index in [0.717, 1.165) is 46.5 Å². The Morgan fingerprint density at radius 2 is 1.71 bits per heavy atom. The van der Waals surface area contributed by atoms with Crippen molar-refractivity contribution in [2.75, 3.05) is 18.8 Å². The van der Waals surface area contributed by atoms with Crippen LogP contribution in [0, 0.1) is 29.1 Å². The van der Waals surface area contributed by atoms with Crippen LogP contribution in [0.3, 0.4) is 0 Å². The molecule has 1 saturated heterocycles. The van der Waals surface area contributed by atoms with E-state index in [2.05, 4.69) is 22.2 Å². The van der Waals surface area contributed by atoms with E-state index in [1.165, 1.54) is 50.3 Å². The molecule has 186 valence electrons. The van der Waals surface area contributed by atoms with Crippen molar-refractivity contribution in [1.82, 2.24) is 20.2 Å². The molecule has 5 fully saturated rings. The van der Waals surface area contributed by atoms with E-state index in [4.69, 9.17) is 0 Å². The van der Waals surface area contributed by atoms with Crippen LogP contribution in [0.25, 0.3) is 10.9 Å². The summed E-state index contributed by atoms with van der Waals surface area (Å²) in [5, 5.41) is 5.28. The normalized spacial score (nSPS) is 31.0. The molecule has 4 saturated carbocycles. The lowest BCUT2D eigenvalue weighted by molar-refractivity contribution is -0.135. The summed E-state index contributed by atoms with van der Waals surface area (Å²) in [5.41, 5.74) is 1.23. The van der Waals surface area contributed by atoms with Gasteiger partial charge in [-0.15, -0.1) is 0 Å². The van der Waals surface area contributed by atoms with Crippen LogP contribution in [-0.4, -0.2) is 51.6 Å². The Kier molecular flexibility index (Phi) is 6.23. The number of likely N-dealkylation sites (tertiary alicyclic amines) is 1. The molecule has 0 radical (unpaired) electrons. The first kappa shape index (κ1) is 23.3. The zero-order valence-electron chi connectivity index (χ0n) is 20.6. The number of piperidine rings is 1. The number of hydrogen-bond acceptors (Lipinski definition) is 5. The molecule has 1 N–H and O–H groups in total. The zero-order valence-corrected chi connectivity index (χ0v) is 21.4. The molecular weight excluding hydrogens is 456 g/mol. The number of amides is 2. The van der Waals surface area contributed by atoms with E-state index in [-0.39, 0.29) is 23.8 Å². The molecular formula is C28H36N4O2S. The Morgan fingerprint density at radius 3 is 2.40 bits per heavy atom. The predicted octanol–water partition coefficient (Wildman–Crippen LogP) is 4.68. The number of para-hydroxylation sites is 1. The number of nitrogens with one attached hydrogen (secondary N) is 1. The molecule has 2 aromatic rings. The fourth-order valence-electron chi connectivity index (χ4n) is 7.90. The maximum Gasteiger partial charge on any atom is 0.232 e. The number of rotatable bonds is 6. The standard InChI is InChI=1S/C28H36N4O2S/c1-18(28-13-19-10-20(14-28)12-21(11-19)15-28)31-26(34)22-6-8-32(9-7-22)25(33)16-35-27-23-4-2-3-5-24(23)29-17-30-27/h2-5,17-22H,6-16H2,1H3,(H,31,34). The quantitative estimate of drug-likeness (QED) is 0.468. The first-order valence-electron chi connectivity index (χ1n) is 13.4. The molecule has 2 heterocycles. The molecule has 1 aliphatic heterocycles. The fourth-order valence-corrected chi connectivity index (χ4v) is 8.79. The molecule has 4 bridgehead atoms. The molecule has 7 heteroatoms. The van der Waals surface area contributed by atoms with Crippen LogP contribution in [0.15, 0.2) is 35.6 Å². The lowest BCUT2D eigenvalue weighted by Gasteiger charge is -2.59. The minimum absolute atomic E-state index is 0.0221. The van der Waals surface area contributed by atoms with Gasteiger partial charge in [-0.05, 0) is 87.5 Å². The highest BCUT2D eigenvalue weighted by atomic mass is 32.2. The number of benzene rings is 1. The third-order valence-electron chi connectivity index (χ3n) is 9.42. The fraction of sp³-hybridized carbons (Fsp3) is 0.643. The number of carbonyl (C=O) groups is 2. The van der Waals surface area contributed by atoms with Crippen molar-refractivity contribution in [2.45, 2.75) is 69.4 Å². The highest BCUT2D eigenvalue weighted by molar-refractivity contribution is 8.00. The van der Waals surface area contributed by atoms with E-state index in [1.54, 1.807) is 6.33 Å². The largest absolute Gasteiger partial charge is 0.353 e. The van der Waals surface area contributed by atoms with Gasteiger partial charge >= 0.3 is 0 Å². The van der Waals surface area contributed by atoms with Gasteiger partial charge in [0.1, 0.15) is 11.4 Å². The van der Waals surface area contributed by atoms with Crippen molar-refractivity contribution in [3.05, 3.63) is 30.6 Å². The molecule has 1 aromatic heterocycles. The van der Waals surface area contributed by atoms with Crippen molar-refractivity contribution in [1.29, 1.82) is 0 Å². The average molecular weight is 493 g/mol. The van der Waals surface area contributed by atoms with Crippen molar-refractivity contribution in [2.24, 2.45) is 29.1 Å². The van der Waals surface area contributed by atoms with Gasteiger partial charge in [-0.25, -0.2) is 9.97 Å². The SMILES string of the molecule is CC(NC(=O)C1CCN(C(=O)CSc2ncnc3ccccc23)CC1)C12CC3CC(CC(C3)C1)C2. The molecule has 1 aromatic carbocycles. The molecule has 1 unspecified atom stereocenters. The van der Waals surface area contributed by atoms with Crippen molar-refractivity contribution >= 4 is 34.5 Å². The third kappa shape index (κ3) is 4.56. The molecule has 0 spiro atoms. The number of fused-ring (bicyclic) bond motifs is 1. The maximum absolute atomic E-state index is 13.2. The number of carbonyl (C=O) groups excluding carboxylic acids is 2. The molecule has 4 aliphatic carbocycles. The first-order valence-corrected chi connectivity index (χ1v) is 14.4. The summed E-state index contributed by atoms with van der Waals surface area (Å²) < 4.78 is 0. The lowest BCUT2D eigenvalue weighted by atomic mass is 9.48. The van der Waals surface area contributed by atoms with Gasteiger partial charge in [-0.1, -0.05) is 30.0 Å². The summed E-state index contributed by atoms with van der Waals surface area (Å²) in [6.45, 7) is 3.58. The van der Waals surface area contributed by atoms with Crippen LogP contribution in [0.2, 0.25) is 0 Å². The van der Waals surface area contributed by atoms with E-state index < -0.39 is 0 Å². The molecule has 35 heavy (non-hydrogen) atoms. The molecule has 5 aliphatic rings. The Hall–Kier alpha value is -2.15. The summed E-state index contributed by atoms with van der Waals surface area (Å²) >= 11 is 1.47. The van der Waals surface area contributed by atoms with Gasteiger partial charge < -0.3 is 10.2 Å². The number of thioether (sulfide) groups is 1. The second kappa shape index (κ2) is 9.38. The molecule has 7 rings (SSSR count). The Balaban J connectivity index is 0.995. The number of hydrogen-bond donors (Lipinski definition) is 1. The highest BCUT2D eigenvalue weighted by Crippen LogP contribution is 2.61. The molecule has 1 atom stereocenters. The van der Waals surface area contributed by atoms with Crippen molar-refractivity contribution < 1.29 is 9.59 Å². The van der Waals surface area contributed by atoms with Crippen LogP contribution in [0.1, 0.15) is 58.3 Å². The topological polar surface area (TPSA) is 75.2 Å². The van der Waals surface area contributed by atoms with E-state index in [9.17, 15) is 9.59 Å². The van der Waals surface area contributed by atoms with Gasteiger partial charge in [0.05, 0.1) is 11.3 Å². The van der Waals surface area contributed by atoms with E-state index in [1.807, 2.05) is 29.2 Å². The van der Waals surface area contributed by atoms with Crippen LogP contribution in [0.5, 0.6) is 0 Å². The van der Waals surface area contributed by atoms with Crippen LogP contribution >= 0.6 is 11.8 Å². The van der Waals surface area contributed by atoms with Gasteiger partial charge in [-0.2, -0.15) is 0 Å².